The Bertz CT molecular complexity index is 263. The number of nitrogens with zero attached hydrogens (tertiary/aromatic N) is 1. The molecule has 0 fully saturated rings. The summed E-state index contributed by atoms with van der Waals surface area (Å²) in [6, 6.07) is 0. The second-order valence-corrected chi connectivity index (χ2v) is 2.91. The predicted octanol–water partition coefficient (Wildman–Crippen LogP) is 2.80. The molecule has 70 valence electrons. The van der Waals surface area contributed by atoms with Crippen LogP contribution in [0.5, 0.6) is 0 Å². The maximum atomic E-state index is 12.6. The predicted molar refractivity (Wildman–Crippen MR) is 53.9 cm³/mol. The lowest BCUT2D eigenvalue weighted by Crippen LogP contribution is -2.20. The van der Waals surface area contributed by atoms with Crippen molar-refractivity contribution in [3.05, 3.63) is 48.6 Å². The Morgan fingerprint density at radius 2 is 2.31 bits per heavy atom. The average molecular weight is 179 g/mol. The fourth-order valence-electron chi connectivity index (χ4n) is 1.34. The van der Waals surface area contributed by atoms with E-state index in [0.29, 0.717) is 13.1 Å². The maximum absolute atomic E-state index is 12.6. The van der Waals surface area contributed by atoms with Crippen LogP contribution in [0.25, 0.3) is 0 Å². The fraction of sp³-hybridized carbons (Fsp3) is 0.273. The van der Waals surface area contributed by atoms with Crippen molar-refractivity contribution in [2.45, 2.75) is 6.42 Å². The van der Waals surface area contributed by atoms with Gasteiger partial charge in [-0.1, -0.05) is 37.5 Å². The summed E-state index contributed by atoms with van der Waals surface area (Å²) >= 11 is 0. The molecule has 0 aromatic heterocycles. The van der Waals surface area contributed by atoms with Crippen molar-refractivity contribution in [3.8, 4) is 0 Å². The monoisotopic (exact) mass is 179 g/mol. The summed E-state index contributed by atoms with van der Waals surface area (Å²) < 4.78 is 12.6. The van der Waals surface area contributed by atoms with Gasteiger partial charge in [-0.3, -0.25) is 0 Å². The summed E-state index contributed by atoms with van der Waals surface area (Å²) in [5, 5.41) is 0.804. The lowest BCUT2D eigenvalue weighted by atomic mass is 10.00. The highest BCUT2D eigenvalue weighted by Crippen LogP contribution is 2.19. The normalized spacial score (nSPS) is 19.5. The first-order valence-corrected chi connectivity index (χ1v) is 4.33. The Hall–Kier alpha value is -1.15. The Morgan fingerprint density at radius 3 is 2.77 bits per heavy atom. The molecule has 0 N–H and O–H groups in total. The van der Waals surface area contributed by atoms with Crippen molar-refractivity contribution in [1.82, 2.24) is 5.12 Å². The molecule has 0 saturated heterocycles. The van der Waals surface area contributed by atoms with Crippen LogP contribution < -0.4 is 0 Å². The summed E-state index contributed by atoms with van der Waals surface area (Å²) in [5.74, 6) is 0. The van der Waals surface area contributed by atoms with E-state index in [2.05, 4.69) is 13.2 Å². The van der Waals surface area contributed by atoms with Crippen molar-refractivity contribution >= 4 is 0 Å². The van der Waals surface area contributed by atoms with Crippen LogP contribution >= 0.6 is 0 Å². The molecule has 13 heavy (non-hydrogen) atoms. The van der Waals surface area contributed by atoms with E-state index in [1.54, 1.807) is 12.2 Å². The lowest BCUT2D eigenvalue weighted by molar-refractivity contribution is 0.0365. The van der Waals surface area contributed by atoms with Crippen molar-refractivity contribution in [1.29, 1.82) is 0 Å². The van der Waals surface area contributed by atoms with Crippen LogP contribution in [0.1, 0.15) is 6.42 Å². The van der Waals surface area contributed by atoms with Gasteiger partial charge in [-0.2, -0.15) is 0 Å². The standard InChI is InChI=1S/C11H14FN/c1-3-5-10(4-2)11-6-8-13(12)9-7-11/h3-6H,1-2,7-9H2/b10-5+. The van der Waals surface area contributed by atoms with Crippen molar-refractivity contribution in [3.63, 3.8) is 0 Å². The molecule has 1 nitrogen and oxygen atoms in total. The molecule has 0 atom stereocenters. The van der Waals surface area contributed by atoms with Crippen LogP contribution in [0.15, 0.2) is 48.6 Å². The third-order valence-electron chi connectivity index (χ3n) is 2.05. The summed E-state index contributed by atoms with van der Waals surface area (Å²) in [7, 11) is 0. The van der Waals surface area contributed by atoms with E-state index in [0.717, 1.165) is 22.7 Å². The Labute approximate surface area is 78.5 Å². The zero-order valence-corrected chi connectivity index (χ0v) is 7.67. The van der Waals surface area contributed by atoms with Gasteiger partial charge in [0.05, 0.1) is 0 Å². The third kappa shape index (κ3) is 2.67. The molecule has 1 aliphatic rings. The minimum atomic E-state index is 0.373. The number of halogens is 1. The zero-order valence-electron chi connectivity index (χ0n) is 7.67. The molecule has 2 heteroatoms. The van der Waals surface area contributed by atoms with Gasteiger partial charge in [-0.15, -0.1) is 9.60 Å². The molecule has 0 spiro atoms. The highest BCUT2D eigenvalue weighted by atomic mass is 19.2. The molecule has 1 rings (SSSR count). The van der Waals surface area contributed by atoms with Gasteiger partial charge in [0.25, 0.3) is 0 Å². The van der Waals surface area contributed by atoms with Crippen LogP contribution in [-0.2, 0) is 0 Å². The van der Waals surface area contributed by atoms with E-state index in [1.807, 2.05) is 12.2 Å². The molecule has 0 bridgehead atoms. The van der Waals surface area contributed by atoms with Crippen LogP contribution in [0.3, 0.4) is 0 Å². The summed E-state index contributed by atoms with van der Waals surface area (Å²) in [4.78, 5) is 0. The lowest BCUT2D eigenvalue weighted by Gasteiger charge is -2.18. The third-order valence-corrected chi connectivity index (χ3v) is 2.05. The molecule has 0 aromatic rings. The van der Waals surface area contributed by atoms with Gasteiger partial charge < -0.3 is 0 Å². The van der Waals surface area contributed by atoms with Gasteiger partial charge in [0.2, 0.25) is 0 Å². The first-order valence-electron chi connectivity index (χ1n) is 4.33. The van der Waals surface area contributed by atoms with Gasteiger partial charge in [0.15, 0.2) is 0 Å². The highest BCUT2D eigenvalue weighted by molar-refractivity contribution is 5.41. The first kappa shape index (κ1) is 9.93. The maximum Gasteiger partial charge on any atom is 0.0477 e. The van der Waals surface area contributed by atoms with Crippen molar-refractivity contribution < 1.29 is 4.48 Å². The topological polar surface area (TPSA) is 3.24 Å². The van der Waals surface area contributed by atoms with Crippen LogP contribution in [-0.4, -0.2) is 18.2 Å². The number of rotatable bonds is 3. The van der Waals surface area contributed by atoms with E-state index in [1.165, 1.54) is 0 Å². The first-order chi connectivity index (χ1) is 6.27. The van der Waals surface area contributed by atoms with Crippen LogP contribution in [0, 0.1) is 0 Å². The minimum Gasteiger partial charge on any atom is -0.142 e. The van der Waals surface area contributed by atoms with E-state index in [9.17, 15) is 4.48 Å². The van der Waals surface area contributed by atoms with Gasteiger partial charge in [0.1, 0.15) is 0 Å². The highest BCUT2D eigenvalue weighted by Gasteiger charge is 2.11. The molecule has 0 unspecified atom stereocenters. The number of hydrogen-bond acceptors (Lipinski definition) is 1. The van der Waals surface area contributed by atoms with Crippen LogP contribution in [0.2, 0.25) is 0 Å². The average Bonchev–Trinajstić information content (AvgIpc) is 2.16. The Balaban J connectivity index is 2.76. The Kier molecular flexibility index (Phi) is 3.65. The molecule has 1 heterocycles. The van der Waals surface area contributed by atoms with E-state index < -0.39 is 0 Å². The van der Waals surface area contributed by atoms with E-state index in [4.69, 9.17) is 0 Å². The molecule has 0 saturated carbocycles. The minimum absolute atomic E-state index is 0.373. The zero-order chi connectivity index (χ0) is 9.68. The summed E-state index contributed by atoms with van der Waals surface area (Å²) in [6.07, 6.45) is 8.02. The second kappa shape index (κ2) is 4.77. The van der Waals surface area contributed by atoms with Gasteiger partial charge >= 0.3 is 0 Å². The summed E-state index contributed by atoms with van der Waals surface area (Å²) in [6.45, 7) is 8.17. The molecule has 1 aliphatic heterocycles. The fourth-order valence-corrected chi connectivity index (χ4v) is 1.34. The van der Waals surface area contributed by atoms with Gasteiger partial charge in [-0.05, 0) is 17.6 Å². The number of hydrogen-bond donors (Lipinski definition) is 0. The van der Waals surface area contributed by atoms with E-state index >= 15 is 0 Å². The Morgan fingerprint density at radius 1 is 1.54 bits per heavy atom. The quantitative estimate of drug-likeness (QED) is 0.475. The smallest absolute Gasteiger partial charge is 0.0477 e. The molecule has 0 radical (unpaired) electrons. The van der Waals surface area contributed by atoms with E-state index in [-0.39, 0.29) is 0 Å². The molecular weight excluding hydrogens is 165 g/mol. The largest absolute Gasteiger partial charge is 0.142 e. The van der Waals surface area contributed by atoms with Gasteiger partial charge in [-0.25, -0.2) is 0 Å². The van der Waals surface area contributed by atoms with Crippen molar-refractivity contribution in [2.24, 2.45) is 0 Å². The summed E-state index contributed by atoms with van der Waals surface area (Å²) in [5.41, 5.74) is 2.20. The van der Waals surface area contributed by atoms with Gasteiger partial charge in [0, 0.05) is 13.1 Å². The second-order valence-electron chi connectivity index (χ2n) is 2.91. The number of allylic oxidation sites excluding steroid dienone is 4. The SMILES string of the molecule is C=C/C=C(\C=C)C1=CCN(F)CC1. The van der Waals surface area contributed by atoms with Crippen molar-refractivity contribution in [2.75, 3.05) is 13.1 Å². The molecule has 0 aliphatic carbocycles. The molecule has 0 aromatic carbocycles. The molecular formula is C11H14FN. The van der Waals surface area contributed by atoms with Crippen LogP contribution in [0.4, 0.5) is 4.48 Å². The molecule has 0 amide bonds.